The van der Waals surface area contributed by atoms with Crippen LogP contribution < -0.4 is 0 Å². The molecule has 1 heterocycles. The molecule has 0 fully saturated rings. The zero-order valence-electron chi connectivity index (χ0n) is 9.40. The lowest BCUT2D eigenvalue weighted by Crippen LogP contribution is -1.86. The molecule has 0 aliphatic rings. The van der Waals surface area contributed by atoms with Crippen LogP contribution in [0.25, 0.3) is 22.0 Å². The van der Waals surface area contributed by atoms with Gasteiger partial charge in [0.25, 0.3) is 0 Å². The van der Waals surface area contributed by atoms with Crippen LogP contribution in [0.1, 0.15) is 0 Å². The first-order valence-corrected chi connectivity index (χ1v) is 6.72. The molecule has 0 atom stereocenters. The summed E-state index contributed by atoms with van der Waals surface area (Å²) >= 11 is 9.69. The van der Waals surface area contributed by atoms with E-state index in [0.29, 0.717) is 0 Å². The Morgan fingerprint density at radius 3 is 2.61 bits per heavy atom. The molecule has 0 spiro atoms. The summed E-state index contributed by atoms with van der Waals surface area (Å²) < 4.78 is 1.04. The smallest absolute Gasteiger partial charge is 0.0781 e. The number of aromatic nitrogens is 1. The van der Waals surface area contributed by atoms with Crippen molar-refractivity contribution in [3.63, 3.8) is 0 Å². The first kappa shape index (κ1) is 11.7. The number of benzene rings is 2. The van der Waals surface area contributed by atoms with E-state index in [4.69, 9.17) is 11.6 Å². The molecule has 0 amide bonds. The van der Waals surface area contributed by atoms with Gasteiger partial charge in [-0.1, -0.05) is 51.8 Å². The van der Waals surface area contributed by atoms with Crippen molar-refractivity contribution in [1.82, 2.24) is 4.98 Å². The van der Waals surface area contributed by atoms with E-state index in [1.165, 1.54) is 0 Å². The average molecular weight is 319 g/mol. The molecule has 0 aliphatic carbocycles. The molecule has 18 heavy (non-hydrogen) atoms. The van der Waals surface area contributed by atoms with Gasteiger partial charge in [-0.25, -0.2) is 0 Å². The first-order valence-electron chi connectivity index (χ1n) is 5.55. The van der Waals surface area contributed by atoms with Crippen LogP contribution in [0.2, 0.25) is 5.02 Å². The monoisotopic (exact) mass is 317 g/mol. The van der Waals surface area contributed by atoms with Gasteiger partial charge in [0.2, 0.25) is 0 Å². The summed E-state index contributed by atoms with van der Waals surface area (Å²) in [6.07, 6.45) is 1.80. The first-order chi connectivity index (χ1) is 8.75. The fraction of sp³-hybridized carbons (Fsp3) is 0. The molecule has 3 heteroatoms. The predicted octanol–water partition coefficient (Wildman–Crippen LogP) is 5.32. The van der Waals surface area contributed by atoms with Crippen LogP contribution in [-0.2, 0) is 0 Å². The van der Waals surface area contributed by atoms with E-state index in [2.05, 4.69) is 27.0 Å². The SMILES string of the molecule is Clc1cccc2c(-c3cccc(Br)c3)nccc12. The zero-order valence-corrected chi connectivity index (χ0v) is 11.7. The molecule has 3 aromatic rings. The molecule has 0 saturated heterocycles. The molecular formula is C15H9BrClN. The Labute approximate surface area is 119 Å². The number of hydrogen-bond acceptors (Lipinski definition) is 1. The standard InChI is InChI=1S/C15H9BrClN/c16-11-4-1-3-10(9-11)15-13-5-2-6-14(17)12(13)7-8-18-15/h1-9H. The van der Waals surface area contributed by atoms with Gasteiger partial charge in [-0.2, -0.15) is 0 Å². The second kappa shape index (κ2) is 4.71. The Morgan fingerprint density at radius 1 is 0.944 bits per heavy atom. The van der Waals surface area contributed by atoms with Crippen LogP contribution in [0.5, 0.6) is 0 Å². The molecule has 3 rings (SSSR count). The zero-order chi connectivity index (χ0) is 12.5. The molecule has 1 aromatic heterocycles. The molecule has 0 bridgehead atoms. The number of pyridine rings is 1. The topological polar surface area (TPSA) is 12.9 Å². The number of halogens is 2. The molecule has 1 nitrogen and oxygen atoms in total. The Morgan fingerprint density at radius 2 is 1.78 bits per heavy atom. The van der Waals surface area contributed by atoms with Gasteiger partial charge in [0.15, 0.2) is 0 Å². The highest BCUT2D eigenvalue weighted by Gasteiger charge is 2.07. The van der Waals surface area contributed by atoms with Crippen LogP contribution in [-0.4, -0.2) is 4.98 Å². The molecule has 0 aliphatic heterocycles. The summed E-state index contributed by atoms with van der Waals surface area (Å²) in [5.74, 6) is 0. The van der Waals surface area contributed by atoms with E-state index in [9.17, 15) is 0 Å². The van der Waals surface area contributed by atoms with Crippen molar-refractivity contribution in [3.05, 3.63) is 64.2 Å². The van der Waals surface area contributed by atoms with Crippen molar-refractivity contribution in [2.45, 2.75) is 0 Å². The molecule has 0 N–H and O–H groups in total. The summed E-state index contributed by atoms with van der Waals surface area (Å²) in [6, 6.07) is 16.0. The van der Waals surface area contributed by atoms with Crippen molar-refractivity contribution in [1.29, 1.82) is 0 Å². The summed E-state index contributed by atoms with van der Waals surface area (Å²) in [7, 11) is 0. The van der Waals surface area contributed by atoms with E-state index < -0.39 is 0 Å². The molecule has 0 radical (unpaired) electrons. The summed E-state index contributed by atoms with van der Waals surface area (Å²) in [6.45, 7) is 0. The van der Waals surface area contributed by atoms with Crippen molar-refractivity contribution >= 4 is 38.3 Å². The minimum atomic E-state index is 0.756. The maximum Gasteiger partial charge on any atom is 0.0781 e. The summed E-state index contributed by atoms with van der Waals surface area (Å²) in [4.78, 5) is 4.48. The normalized spacial score (nSPS) is 10.8. The van der Waals surface area contributed by atoms with Gasteiger partial charge in [-0.15, -0.1) is 0 Å². The summed E-state index contributed by atoms with van der Waals surface area (Å²) in [5.41, 5.74) is 2.04. The highest BCUT2D eigenvalue weighted by atomic mass is 79.9. The second-order valence-electron chi connectivity index (χ2n) is 4.00. The minimum Gasteiger partial charge on any atom is -0.256 e. The van der Waals surface area contributed by atoms with Gasteiger partial charge >= 0.3 is 0 Å². The third-order valence-electron chi connectivity index (χ3n) is 2.85. The van der Waals surface area contributed by atoms with Gasteiger partial charge < -0.3 is 0 Å². The molecular weight excluding hydrogens is 310 g/mol. The van der Waals surface area contributed by atoms with Gasteiger partial charge in [-0.3, -0.25) is 4.98 Å². The number of fused-ring (bicyclic) bond motifs is 1. The quantitative estimate of drug-likeness (QED) is 0.592. The third-order valence-corrected chi connectivity index (χ3v) is 3.67. The Balaban J connectivity index is 2.33. The fourth-order valence-electron chi connectivity index (χ4n) is 2.03. The van der Waals surface area contributed by atoms with Gasteiger partial charge in [-0.05, 0) is 24.3 Å². The summed E-state index contributed by atoms with van der Waals surface area (Å²) in [5, 5.41) is 2.86. The number of hydrogen-bond donors (Lipinski definition) is 0. The minimum absolute atomic E-state index is 0.756. The molecule has 88 valence electrons. The molecule has 2 aromatic carbocycles. The highest BCUT2D eigenvalue weighted by Crippen LogP contribution is 2.31. The van der Waals surface area contributed by atoms with E-state index in [1.54, 1.807) is 6.20 Å². The van der Waals surface area contributed by atoms with E-state index in [-0.39, 0.29) is 0 Å². The van der Waals surface area contributed by atoms with E-state index in [1.807, 2.05) is 42.5 Å². The van der Waals surface area contributed by atoms with Crippen LogP contribution in [0.4, 0.5) is 0 Å². The number of rotatable bonds is 1. The van der Waals surface area contributed by atoms with Gasteiger partial charge in [0, 0.05) is 32.0 Å². The van der Waals surface area contributed by atoms with Crippen LogP contribution in [0, 0.1) is 0 Å². The van der Waals surface area contributed by atoms with E-state index >= 15 is 0 Å². The maximum absolute atomic E-state index is 6.21. The largest absolute Gasteiger partial charge is 0.256 e. The Bertz CT molecular complexity index is 725. The number of nitrogens with zero attached hydrogens (tertiary/aromatic N) is 1. The molecule has 0 saturated carbocycles. The lowest BCUT2D eigenvalue weighted by atomic mass is 10.0. The van der Waals surface area contributed by atoms with Crippen molar-refractivity contribution in [3.8, 4) is 11.3 Å². The lowest BCUT2D eigenvalue weighted by Gasteiger charge is -2.07. The van der Waals surface area contributed by atoms with Crippen molar-refractivity contribution in [2.75, 3.05) is 0 Å². The van der Waals surface area contributed by atoms with Gasteiger partial charge in [0.05, 0.1) is 5.69 Å². The molecule has 0 unspecified atom stereocenters. The highest BCUT2D eigenvalue weighted by molar-refractivity contribution is 9.10. The van der Waals surface area contributed by atoms with Crippen LogP contribution in [0.15, 0.2) is 59.2 Å². The van der Waals surface area contributed by atoms with Gasteiger partial charge in [0.1, 0.15) is 0 Å². The second-order valence-corrected chi connectivity index (χ2v) is 5.33. The lowest BCUT2D eigenvalue weighted by molar-refractivity contribution is 1.35. The Kier molecular flexibility index (Phi) is 3.06. The predicted molar refractivity (Wildman–Crippen MR) is 79.9 cm³/mol. The van der Waals surface area contributed by atoms with Crippen LogP contribution >= 0.6 is 27.5 Å². The average Bonchev–Trinajstić information content (AvgIpc) is 2.39. The maximum atomic E-state index is 6.21. The van der Waals surface area contributed by atoms with Crippen molar-refractivity contribution < 1.29 is 0 Å². The fourth-order valence-corrected chi connectivity index (χ4v) is 2.67. The van der Waals surface area contributed by atoms with E-state index in [0.717, 1.165) is 31.5 Å². The third kappa shape index (κ3) is 2.02. The van der Waals surface area contributed by atoms with Crippen molar-refractivity contribution in [2.24, 2.45) is 0 Å². The van der Waals surface area contributed by atoms with Crippen LogP contribution in [0.3, 0.4) is 0 Å². The Hall–Kier alpha value is -1.38.